The van der Waals surface area contributed by atoms with Crippen LogP contribution in [0.4, 0.5) is 11.6 Å². The van der Waals surface area contributed by atoms with Crippen LogP contribution in [0.2, 0.25) is 0 Å². The summed E-state index contributed by atoms with van der Waals surface area (Å²) in [5.74, 6) is 0.442. The van der Waals surface area contributed by atoms with Crippen LogP contribution >= 0.6 is 23.2 Å². The Labute approximate surface area is 119 Å². The van der Waals surface area contributed by atoms with Crippen molar-refractivity contribution in [3.05, 3.63) is 34.4 Å². The van der Waals surface area contributed by atoms with Crippen molar-refractivity contribution in [2.75, 3.05) is 29.7 Å². The van der Waals surface area contributed by atoms with Crippen LogP contribution in [0, 0.1) is 10.1 Å². The van der Waals surface area contributed by atoms with E-state index in [-0.39, 0.29) is 5.88 Å². The number of nitro groups is 1. The molecule has 0 amide bonds. The Kier molecular flexibility index (Phi) is 4.50. The molecule has 0 aliphatic heterocycles. The van der Waals surface area contributed by atoms with Gasteiger partial charge in [-0.25, -0.2) is 0 Å². The predicted octanol–water partition coefficient (Wildman–Crippen LogP) is 3.63. The molecule has 0 spiro atoms. The summed E-state index contributed by atoms with van der Waals surface area (Å²) in [5, 5.41) is 11.8. The van der Waals surface area contributed by atoms with E-state index in [1.807, 2.05) is 6.07 Å². The smallest absolute Gasteiger partial charge is 0.399 e. The van der Waals surface area contributed by atoms with E-state index in [0.29, 0.717) is 41.5 Å². The van der Waals surface area contributed by atoms with Gasteiger partial charge in [-0.05, 0) is 12.1 Å². The molecule has 2 rings (SSSR count). The van der Waals surface area contributed by atoms with Gasteiger partial charge in [-0.15, -0.1) is 23.2 Å². The van der Waals surface area contributed by atoms with E-state index in [1.165, 1.54) is 0 Å². The predicted molar refractivity (Wildman–Crippen MR) is 76.5 cm³/mol. The normalized spacial score (nSPS) is 10.8. The largest absolute Gasteiger partial charge is 0.457 e. The lowest BCUT2D eigenvalue weighted by atomic mass is 10.2. The van der Waals surface area contributed by atoms with Gasteiger partial charge in [-0.3, -0.25) is 10.1 Å². The lowest BCUT2D eigenvalue weighted by Gasteiger charge is -2.20. The third-order valence-electron chi connectivity index (χ3n) is 2.74. The molecule has 2 aromatic rings. The van der Waals surface area contributed by atoms with Gasteiger partial charge in [0.05, 0.1) is 5.39 Å². The average Bonchev–Trinajstić information content (AvgIpc) is 2.78. The standard InChI is InChI=1S/C12H12Cl2N2O3/c13-5-7-15(8-6-14)11-9-3-1-2-4-10(9)19-12(11)16(17)18/h1-4H,5-8H2. The monoisotopic (exact) mass is 302 g/mol. The van der Waals surface area contributed by atoms with Crippen molar-refractivity contribution >= 4 is 45.7 Å². The third-order valence-corrected chi connectivity index (χ3v) is 3.08. The van der Waals surface area contributed by atoms with Gasteiger partial charge in [-0.1, -0.05) is 12.1 Å². The Bertz CT molecular complexity index is 579. The maximum absolute atomic E-state index is 11.1. The van der Waals surface area contributed by atoms with Crippen LogP contribution < -0.4 is 4.90 Å². The summed E-state index contributed by atoms with van der Waals surface area (Å²) in [5.41, 5.74) is 0.931. The second-order valence-corrected chi connectivity index (χ2v) is 4.63. The molecule has 1 heterocycles. The van der Waals surface area contributed by atoms with E-state index in [0.717, 1.165) is 0 Å². The van der Waals surface area contributed by atoms with Crippen LogP contribution in [0.3, 0.4) is 0 Å². The van der Waals surface area contributed by atoms with Crippen molar-refractivity contribution in [2.24, 2.45) is 0 Å². The van der Waals surface area contributed by atoms with Crippen LogP contribution in [0.15, 0.2) is 28.7 Å². The quantitative estimate of drug-likeness (QED) is 0.464. The van der Waals surface area contributed by atoms with E-state index < -0.39 is 4.92 Å². The number of para-hydroxylation sites is 1. The fourth-order valence-corrected chi connectivity index (χ4v) is 2.40. The molecule has 0 saturated heterocycles. The van der Waals surface area contributed by atoms with Crippen molar-refractivity contribution in [3.8, 4) is 0 Å². The zero-order valence-corrected chi connectivity index (χ0v) is 11.5. The molecule has 0 unspecified atom stereocenters. The number of rotatable bonds is 6. The van der Waals surface area contributed by atoms with Crippen molar-refractivity contribution in [3.63, 3.8) is 0 Å². The second-order valence-electron chi connectivity index (χ2n) is 3.87. The minimum Gasteiger partial charge on any atom is -0.399 e. The van der Waals surface area contributed by atoms with Crippen molar-refractivity contribution in [1.29, 1.82) is 0 Å². The van der Waals surface area contributed by atoms with E-state index in [1.54, 1.807) is 23.1 Å². The van der Waals surface area contributed by atoms with Gasteiger partial charge in [0.15, 0.2) is 5.69 Å². The number of hydrogen-bond donors (Lipinski definition) is 0. The molecular formula is C12H12Cl2N2O3. The zero-order chi connectivity index (χ0) is 13.8. The molecule has 0 saturated carbocycles. The third kappa shape index (κ3) is 2.77. The lowest BCUT2D eigenvalue weighted by Crippen LogP contribution is -2.27. The van der Waals surface area contributed by atoms with Crippen LogP contribution in [-0.2, 0) is 0 Å². The molecule has 0 N–H and O–H groups in total. The number of anilines is 1. The molecule has 1 aromatic carbocycles. The minimum atomic E-state index is -0.523. The first-order valence-electron chi connectivity index (χ1n) is 5.71. The molecule has 5 nitrogen and oxygen atoms in total. The maximum Gasteiger partial charge on any atom is 0.457 e. The molecule has 0 radical (unpaired) electrons. The van der Waals surface area contributed by atoms with E-state index in [9.17, 15) is 10.1 Å². The fraction of sp³-hybridized carbons (Fsp3) is 0.333. The summed E-state index contributed by atoms with van der Waals surface area (Å²) < 4.78 is 5.31. The van der Waals surface area contributed by atoms with Crippen molar-refractivity contribution in [1.82, 2.24) is 0 Å². The SMILES string of the molecule is O=[N+]([O-])c1oc2ccccc2c1N(CCCl)CCCl. The Morgan fingerprint density at radius 3 is 2.42 bits per heavy atom. The summed E-state index contributed by atoms with van der Waals surface area (Å²) in [4.78, 5) is 12.4. The molecule has 0 aliphatic carbocycles. The highest BCUT2D eigenvalue weighted by molar-refractivity contribution is 6.18. The molecule has 0 fully saturated rings. The number of fused-ring (bicyclic) bond motifs is 1. The first-order chi connectivity index (χ1) is 9.19. The van der Waals surface area contributed by atoms with Crippen molar-refractivity contribution in [2.45, 2.75) is 0 Å². The minimum absolute atomic E-state index is 0.267. The number of nitrogens with zero attached hydrogens (tertiary/aromatic N) is 2. The van der Waals surface area contributed by atoms with Crippen LogP contribution in [-0.4, -0.2) is 29.8 Å². The fourth-order valence-electron chi connectivity index (χ4n) is 1.99. The Morgan fingerprint density at radius 1 is 1.21 bits per heavy atom. The molecular weight excluding hydrogens is 291 g/mol. The second kappa shape index (κ2) is 6.12. The van der Waals surface area contributed by atoms with E-state index >= 15 is 0 Å². The highest BCUT2D eigenvalue weighted by atomic mass is 35.5. The summed E-state index contributed by atoms with van der Waals surface area (Å²) in [6, 6.07) is 7.07. The number of benzene rings is 1. The molecule has 0 bridgehead atoms. The van der Waals surface area contributed by atoms with Gasteiger partial charge >= 0.3 is 5.88 Å². The van der Waals surface area contributed by atoms with Gasteiger partial charge in [0, 0.05) is 24.8 Å². The Balaban J connectivity index is 2.59. The van der Waals surface area contributed by atoms with E-state index in [2.05, 4.69) is 0 Å². The summed E-state index contributed by atoms with van der Waals surface area (Å²) >= 11 is 11.5. The van der Waals surface area contributed by atoms with Gasteiger partial charge < -0.3 is 9.32 Å². The molecule has 19 heavy (non-hydrogen) atoms. The van der Waals surface area contributed by atoms with Gasteiger partial charge in [0.1, 0.15) is 10.5 Å². The number of hydrogen-bond acceptors (Lipinski definition) is 4. The summed E-state index contributed by atoms with van der Waals surface area (Å²) in [6.45, 7) is 0.942. The zero-order valence-electron chi connectivity index (χ0n) is 10.0. The Hall–Kier alpha value is -1.46. The lowest BCUT2D eigenvalue weighted by molar-refractivity contribution is -0.400. The first-order valence-corrected chi connectivity index (χ1v) is 6.78. The number of alkyl halides is 2. The first kappa shape index (κ1) is 14.0. The van der Waals surface area contributed by atoms with Crippen molar-refractivity contribution < 1.29 is 9.34 Å². The van der Waals surface area contributed by atoms with Crippen LogP contribution in [0.1, 0.15) is 0 Å². The van der Waals surface area contributed by atoms with Gasteiger partial charge in [-0.2, -0.15) is 0 Å². The summed E-state index contributed by atoms with van der Waals surface area (Å²) in [7, 11) is 0. The average molecular weight is 303 g/mol. The number of halogens is 2. The van der Waals surface area contributed by atoms with Crippen LogP contribution in [0.25, 0.3) is 11.0 Å². The molecule has 102 valence electrons. The van der Waals surface area contributed by atoms with E-state index in [4.69, 9.17) is 27.6 Å². The van der Waals surface area contributed by atoms with Crippen LogP contribution in [0.5, 0.6) is 0 Å². The Morgan fingerprint density at radius 2 is 1.84 bits per heavy atom. The molecule has 0 aliphatic rings. The van der Waals surface area contributed by atoms with Gasteiger partial charge in [0.2, 0.25) is 0 Å². The molecule has 7 heteroatoms. The highest BCUT2D eigenvalue weighted by Gasteiger charge is 2.27. The highest BCUT2D eigenvalue weighted by Crippen LogP contribution is 2.39. The molecule has 0 atom stereocenters. The summed E-state index contributed by atoms with van der Waals surface area (Å²) in [6.07, 6.45) is 0. The number of furan rings is 1. The molecule has 1 aromatic heterocycles. The maximum atomic E-state index is 11.1. The topological polar surface area (TPSA) is 59.5 Å². The van der Waals surface area contributed by atoms with Gasteiger partial charge in [0.25, 0.3) is 0 Å².